The van der Waals surface area contributed by atoms with Gasteiger partial charge in [-0.15, -0.1) is 0 Å². The maximum Gasteiger partial charge on any atom is 0.0328 e. The lowest BCUT2D eigenvalue weighted by Gasteiger charge is -2.42. The lowest BCUT2D eigenvalue weighted by molar-refractivity contribution is 0.0907. The van der Waals surface area contributed by atoms with Gasteiger partial charge in [-0.25, -0.2) is 0 Å². The fraction of sp³-hybridized carbons (Fsp3) is 1.00. The van der Waals surface area contributed by atoms with E-state index in [0.29, 0.717) is 0 Å². The summed E-state index contributed by atoms with van der Waals surface area (Å²) in [5.41, 5.74) is 6.31. The molecule has 0 saturated carbocycles. The monoisotopic (exact) mass is 242 g/mol. The van der Waals surface area contributed by atoms with Crippen LogP contribution < -0.4 is 5.73 Å². The van der Waals surface area contributed by atoms with E-state index >= 15 is 0 Å². The van der Waals surface area contributed by atoms with Crippen molar-refractivity contribution in [1.82, 2.24) is 4.90 Å². The minimum Gasteiger partial charge on any atom is -0.329 e. The minimum absolute atomic E-state index is 0.225. The van der Waals surface area contributed by atoms with Crippen molar-refractivity contribution in [3.8, 4) is 0 Å². The zero-order valence-electron chi connectivity index (χ0n) is 12.8. The lowest BCUT2D eigenvalue weighted by atomic mass is 9.83. The molecule has 2 unspecified atom stereocenters. The number of likely N-dealkylation sites (N-methyl/N-ethyl adjacent to an activating group) is 1. The van der Waals surface area contributed by atoms with Crippen LogP contribution in [0.2, 0.25) is 0 Å². The number of hydrogen-bond acceptors (Lipinski definition) is 2. The Morgan fingerprint density at radius 2 is 1.82 bits per heavy atom. The van der Waals surface area contributed by atoms with Crippen molar-refractivity contribution in [2.24, 2.45) is 11.7 Å². The second-order valence-corrected chi connectivity index (χ2v) is 5.63. The van der Waals surface area contributed by atoms with Crippen LogP contribution in [0.5, 0.6) is 0 Å². The second kappa shape index (κ2) is 8.93. The van der Waals surface area contributed by atoms with Gasteiger partial charge in [0.05, 0.1) is 0 Å². The molecule has 0 bridgehead atoms. The normalized spacial score (nSPS) is 17.1. The summed E-state index contributed by atoms with van der Waals surface area (Å²) >= 11 is 0. The number of rotatable bonds is 10. The molecule has 0 rings (SSSR count). The van der Waals surface area contributed by atoms with E-state index in [9.17, 15) is 0 Å². The highest BCUT2D eigenvalue weighted by Crippen LogP contribution is 2.27. The number of nitrogens with zero attached hydrogens (tertiary/aromatic N) is 1. The number of hydrogen-bond donors (Lipinski definition) is 1. The van der Waals surface area contributed by atoms with E-state index < -0.39 is 0 Å². The maximum atomic E-state index is 6.08. The molecule has 2 heteroatoms. The predicted octanol–water partition coefficient (Wildman–Crippen LogP) is 3.65. The highest BCUT2D eigenvalue weighted by molar-refractivity contribution is 4.90. The Morgan fingerprint density at radius 3 is 2.24 bits per heavy atom. The lowest BCUT2D eigenvalue weighted by Crippen LogP contribution is -2.53. The molecule has 0 spiro atoms. The third kappa shape index (κ3) is 5.39. The first-order valence-corrected chi connectivity index (χ1v) is 7.47. The molecule has 0 fully saturated rings. The van der Waals surface area contributed by atoms with Gasteiger partial charge in [0.2, 0.25) is 0 Å². The smallest absolute Gasteiger partial charge is 0.0328 e. The summed E-state index contributed by atoms with van der Waals surface area (Å²) in [6.07, 6.45) is 7.58. The second-order valence-electron chi connectivity index (χ2n) is 5.63. The topological polar surface area (TPSA) is 29.3 Å². The van der Waals surface area contributed by atoms with Gasteiger partial charge in [0, 0.05) is 12.1 Å². The molecule has 104 valence electrons. The summed E-state index contributed by atoms with van der Waals surface area (Å²) in [5, 5.41) is 0. The van der Waals surface area contributed by atoms with E-state index in [1.54, 1.807) is 0 Å². The molecule has 2 atom stereocenters. The van der Waals surface area contributed by atoms with Crippen LogP contribution in [0.25, 0.3) is 0 Å². The molecule has 0 aromatic heterocycles. The van der Waals surface area contributed by atoms with Crippen LogP contribution in [0.3, 0.4) is 0 Å². The van der Waals surface area contributed by atoms with Crippen molar-refractivity contribution in [3.05, 3.63) is 0 Å². The number of nitrogens with two attached hydrogens (primary N) is 1. The van der Waals surface area contributed by atoms with Gasteiger partial charge in [0.15, 0.2) is 0 Å². The van der Waals surface area contributed by atoms with E-state index in [1.807, 2.05) is 0 Å². The van der Waals surface area contributed by atoms with E-state index in [0.717, 1.165) is 18.9 Å². The van der Waals surface area contributed by atoms with E-state index in [2.05, 4.69) is 39.6 Å². The van der Waals surface area contributed by atoms with Crippen molar-refractivity contribution < 1.29 is 0 Å². The summed E-state index contributed by atoms with van der Waals surface area (Å²) in [4.78, 5) is 2.52. The third-order valence-corrected chi connectivity index (χ3v) is 4.37. The Bertz CT molecular complexity index is 176. The summed E-state index contributed by atoms with van der Waals surface area (Å²) in [7, 11) is 2.26. The molecule has 2 N–H and O–H groups in total. The van der Waals surface area contributed by atoms with E-state index in [-0.39, 0.29) is 5.54 Å². The summed E-state index contributed by atoms with van der Waals surface area (Å²) in [5.74, 6) is 0.770. The van der Waals surface area contributed by atoms with Gasteiger partial charge in [0.1, 0.15) is 0 Å². The van der Waals surface area contributed by atoms with Crippen molar-refractivity contribution >= 4 is 0 Å². The van der Waals surface area contributed by atoms with Crippen LogP contribution in [0, 0.1) is 5.92 Å². The largest absolute Gasteiger partial charge is 0.329 e. The standard InChI is InChI=1S/C15H34N2/c1-6-9-10-11-17(5)15(8-3,13-16)12-14(4)7-2/h14H,6-13,16H2,1-5H3. The molecule has 0 aliphatic carbocycles. The van der Waals surface area contributed by atoms with Crippen LogP contribution in [-0.4, -0.2) is 30.6 Å². The highest BCUT2D eigenvalue weighted by atomic mass is 15.2. The molecule has 0 aliphatic rings. The maximum absolute atomic E-state index is 6.08. The summed E-state index contributed by atoms with van der Waals surface area (Å²) in [6.45, 7) is 11.1. The van der Waals surface area contributed by atoms with Crippen molar-refractivity contribution in [3.63, 3.8) is 0 Å². The minimum atomic E-state index is 0.225. The fourth-order valence-corrected chi connectivity index (χ4v) is 2.58. The molecular weight excluding hydrogens is 208 g/mol. The van der Waals surface area contributed by atoms with Crippen molar-refractivity contribution in [2.75, 3.05) is 20.1 Å². The fourth-order valence-electron chi connectivity index (χ4n) is 2.58. The molecule has 0 radical (unpaired) electrons. The van der Waals surface area contributed by atoms with Gasteiger partial charge < -0.3 is 5.73 Å². The Balaban J connectivity index is 4.44. The average Bonchev–Trinajstić information content (AvgIpc) is 2.35. The van der Waals surface area contributed by atoms with Crippen LogP contribution in [-0.2, 0) is 0 Å². The third-order valence-electron chi connectivity index (χ3n) is 4.37. The van der Waals surface area contributed by atoms with Crippen molar-refractivity contribution in [1.29, 1.82) is 0 Å². The first kappa shape index (κ1) is 16.9. The van der Waals surface area contributed by atoms with Gasteiger partial charge in [-0.3, -0.25) is 4.90 Å². The van der Waals surface area contributed by atoms with E-state index in [1.165, 1.54) is 38.6 Å². The van der Waals surface area contributed by atoms with Crippen LogP contribution in [0.4, 0.5) is 0 Å². The zero-order valence-corrected chi connectivity index (χ0v) is 12.8. The van der Waals surface area contributed by atoms with Crippen LogP contribution in [0.1, 0.15) is 66.2 Å². The number of unbranched alkanes of at least 4 members (excludes halogenated alkanes) is 2. The SMILES string of the molecule is CCCCCN(C)C(CC)(CN)CC(C)CC. The predicted molar refractivity (Wildman–Crippen MR) is 78.3 cm³/mol. The molecule has 2 nitrogen and oxygen atoms in total. The Labute approximate surface area is 109 Å². The highest BCUT2D eigenvalue weighted by Gasteiger charge is 2.32. The zero-order chi connectivity index (χ0) is 13.3. The molecule has 0 aromatic carbocycles. The molecular formula is C15H34N2. The summed E-state index contributed by atoms with van der Waals surface area (Å²) in [6, 6.07) is 0. The van der Waals surface area contributed by atoms with Gasteiger partial charge in [-0.2, -0.15) is 0 Å². The van der Waals surface area contributed by atoms with Gasteiger partial charge in [-0.1, -0.05) is 47.0 Å². The average molecular weight is 242 g/mol. The first-order valence-electron chi connectivity index (χ1n) is 7.47. The molecule has 0 aliphatic heterocycles. The van der Waals surface area contributed by atoms with Gasteiger partial charge in [-0.05, 0) is 38.8 Å². The molecule has 17 heavy (non-hydrogen) atoms. The molecule has 0 saturated heterocycles. The molecule has 0 heterocycles. The van der Waals surface area contributed by atoms with E-state index in [4.69, 9.17) is 5.73 Å². The summed E-state index contributed by atoms with van der Waals surface area (Å²) < 4.78 is 0. The molecule has 0 amide bonds. The first-order chi connectivity index (χ1) is 8.06. The Kier molecular flexibility index (Phi) is 8.89. The quantitative estimate of drug-likeness (QED) is 0.593. The Hall–Kier alpha value is -0.0800. The van der Waals surface area contributed by atoms with Crippen LogP contribution in [0.15, 0.2) is 0 Å². The molecule has 0 aromatic rings. The van der Waals surface area contributed by atoms with Crippen LogP contribution >= 0.6 is 0 Å². The van der Waals surface area contributed by atoms with Gasteiger partial charge >= 0.3 is 0 Å². The van der Waals surface area contributed by atoms with Gasteiger partial charge in [0.25, 0.3) is 0 Å². The Morgan fingerprint density at radius 1 is 1.18 bits per heavy atom. The van der Waals surface area contributed by atoms with Crippen molar-refractivity contribution in [2.45, 2.75) is 71.8 Å².